The average Bonchev–Trinajstić information content (AvgIpc) is 3.24. The lowest BCUT2D eigenvalue weighted by Crippen LogP contribution is -2.51. The van der Waals surface area contributed by atoms with Gasteiger partial charge in [0, 0.05) is 18.9 Å². The van der Waals surface area contributed by atoms with Crippen molar-refractivity contribution in [1.29, 1.82) is 0 Å². The Morgan fingerprint density at radius 3 is 2.51 bits per heavy atom. The molecule has 0 aliphatic carbocycles. The molecule has 0 unspecified atom stereocenters. The number of methoxy groups -OCH3 is 1. The molecule has 0 spiro atoms. The molecule has 198 valence electrons. The number of amidine groups is 1. The first-order valence-electron chi connectivity index (χ1n) is 11.2. The van der Waals surface area contributed by atoms with Gasteiger partial charge in [-0.05, 0) is 36.6 Å². The maximum Gasteiger partial charge on any atom is 0.516 e. The predicted octanol–water partition coefficient (Wildman–Crippen LogP) is 2.42. The Kier molecular flexibility index (Phi) is 6.99. The molecule has 0 fully saturated rings. The highest BCUT2D eigenvalue weighted by Gasteiger charge is 2.52. The van der Waals surface area contributed by atoms with E-state index in [0.29, 0.717) is 29.3 Å². The lowest BCUT2D eigenvalue weighted by atomic mass is 10.2. The number of rotatable bonds is 6. The number of ether oxygens (including phenoxy) is 1. The number of nitrogens with one attached hydrogen (secondary N) is 1. The molecular formula is C22H24F3N7O4S. The molecule has 0 saturated heterocycles. The van der Waals surface area contributed by atoms with E-state index >= 15 is 0 Å². The zero-order chi connectivity index (χ0) is 27.0. The van der Waals surface area contributed by atoms with Gasteiger partial charge in [0.1, 0.15) is 5.69 Å². The number of alkyl halides is 3. The van der Waals surface area contributed by atoms with Crippen LogP contribution in [0.3, 0.4) is 0 Å². The Balaban J connectivity index is 1.47. The quantitative estimate of drug-likeness (QED) is 0.511. The molecule has 1 aliphatic rings. The van der Waals surface area contributed by atoms with Crippen LogP contribution in [0.2, 0.25) is 0 Å². The standard InChI is InChI=1S/C22H24F3N7O4S/c1-4-17-18(30-13-14(2)11-27-20(30)28-17)19(33)26-12-15-5-7-16(8-6-15)31-9-10-32(21(29-31)36-3)37(34,35)22(23,24)25/h5-8,11,13H,4,9-10,12H2,1-3H3,(H,26,33). The number of halogens is 3. The summed E-state index contributed by atoms with van der Waals surface area (Å²) in [4.78, 5) is 21.7. The topological polar surface area (TPSA) is 122 Å². The number of imidazole rings is 1. The fourth-order valence-corrected chi connectivity index (χ4v) is 4.67. The number of aromatic nitrogens is 3. The van der Waals surface area contributed by atoms with Crippen molar-refractivity contribution in [2.45, 2.75) is 32.3 Å². The van der Waals surface area contributed by atoms with E-state index in [1.54, 1.807) is 41.1 Å². The van der Waals surface area contributed by atoms with Gasteiger partial charge in [-0.15, -0.1) is 5.10 Å². The number of carbonyl (C=O) groups is 1. The van der Waals surface area contributed by atoms with Gasteiger partial charge in [-0.2, -0.15) is 21.6 Å². The van der Waals surface area contributed by atoms with E-state index in [2.05, 4.69) is 20.4 Å². The minimum Gasteiger partial charge on any atom is -0.467 e. The molecule has 0 bridgehead atoms. The van der Waals surface area contributed by atoms with Gasteiger partial charge in [0.15, 0.2) is 0 Å². The first-order chi connectivity index (χ1) is 17.5. The van der Waals surface area contributed by atoms with Crippen LogP contribution in [-0.4, -0.2) is 64.7 Å². The number of hydrogen-bond acceptors (Lipinski definition) is 8. The third-order valence-corrected chi connectivity index (χ3v) is 7.12. The zero-order valence-electron chi connectivity index (χ0n) is 20.2. The number of nitrogens with zero attached hydrogens (tertiary/aromatic N) is 6. The largest absolute Gasteiger partial charge is 0.516 e. The molecule has 11 nitrogen and oxygen atoms in total. The van der Waals surface area contributed by atoms with Crippen molar-refractivity contribution in [3.63, 3.8) is 0 Å². The number of hydrogen-bond donors (Lipinski definition) is 1. The molecule has 15 heteroatoms. The number of sulfonamides is 1. The summed E-state index contributed by atoms with van der Waals surface area (Å²) in [7, 11) is -4.59. The molecule has 37 heavy (non-hydrogen) atoms. The summed E-state index contributed by atoms with van der Waals surface area (Å²) in [6, 6.07) is 6.06. The molecule has 2 aromatic heterocycles. The van der Waals surface area contributed by atoms with Crippen molar-refractivity contribution in [2.24, 2.45) is 5.10 Å². The normalized spacial score (nSPS) is 14.6. The number of amides is 1. The maximum atomic E-state index is 13.0. The van der Waals surface area contributed by atoms with Crippen LogP contribution in [0.15, 0.2) is 41.8 Å². The van der Waals surface area contributed by atoms with Crippen molar-refractivity contribution in [1.82, 2.24) is 24.0 Å². The summed E-state index contributed by atoms with van der Waals surface area (Å²) >= 11 is 0. The van der Waals surface area contributed by atoms with Crippen LogP contribution in [0.1, 0.15) is 34.2 Å². The van der Waals surface area contributed by atoms with Gasteiger partial charge in [-0.25, -0.2) is 14.3 Å². The number of anilines is 1. The summed E-state index contributed by atoms with van der Waals surface area (Å²) in [5, 5.41) is 8.12. The van der Waals surface area contributed by atoms with Crippen LogP contribution in [-0.2, 0) is 27.7 Å². The summed E-state index contributed by atoms with van der Waals surface area (Å²) < 4.78 is 69.0. The monoisotopic (exact) mass is 539 g/mol. The number of benzene rings is 1. The minimum atomic E-state index is -5.63. The Morgan fingerprint density at radius 1 is 1.19 bits per heavy atom. The van der Waals surface area contributed by atoms with Crippen molar-refractivity contribution in [3.8, 4) is 0 Å². The third kappa shape index (κ3) is 5.03. The summed E-state index contributed by atoms with van der Waals surface area (Å²) in [5.41, 5.74) is -2.29. The predicted molar refractivity (Wildman–Crippen MR) is 128 cm³/mol. The van der Waals surface area contributed by atoms with Crippen molar-refractivity contribution >= 4 is 33.4 Å². The Labute approximate surface area is 210 Å². The summed E-state index contributed by atoms with van der Waals surface area (Å²) in [6.07, 6.45) is 4.04. The second-order valence-electron chi connectivity index (χ2n) is 8.14. The second-order valence-corrected chi connectivity index (χ2v) is 10.00. The van der Waals surface area contributed by atoms with Gasteiger partial charge in [0.05, 0.1) is 31.6 Å². The maximum absolute atomic E-state index is 13.0. The molecule has 4 rings (SSSR count). The van der Waals surface area contributed by atoms with Crippen LogP contribution >= 0.6 is 0 Å². The van der Waals surface area contributed by atoms with E-state index in [1.807, 2.05) is 13.8 Å². The van der Waals surface area contributed by atoms with Gasteiger partial charge < -0.3 is 10.1 Å². The van der Waals surface area contributed by atoms with Gasteiger partial charge in [0.2, 0.25) is 5.78 Å². The number of carbonyl (C=O) groups excluding carboxylic acids is 1. The first kappa shape index (κ1) is 26.2. The van der Waals surface area contributed by atoms with E-state index in [4.69, 9.17) is 4.74 Å². The van der Waals surface area contributed by atoms with E-state index < -0.39 is 28.1 Å². The van der Waals surface area contributed by atoms with Gasteiger partial charge in [0.25, 0.3) is 5.91 Å². The Morgan fingerprint density at radius 2 is 1.89 bits per heavy atom. The van der Waals surface area contributed by atoms with Crippen LogP contribution in [0, 0.1) is 6.92 Å². The van der Waals surface area contributed by atoms with Crippen LogP contribution in [0.25, 0.3) is 5.78 Å². The molecule has 1 aliphatic heterocycles. The van der Waals surface area contributed by atoms with Crippen molar-refractivity contribution in [2.75, 3.05) is 25.2 Å². The second kappa shape index (κ2) is 9.88. The molecular weight excluding hydrogens is 515 g/mol. The average molecular weight is 540 g/mol. The third-order valence-electron chi connectivity index (χ3n) is 5.62. The molecule has 0 saturated carbocycles. The van der Waals surface area contributed by atoms with Gasteiger partial charge in [-0.1, -0.05) is 19.1 Å². The molecule has 1 aromatic carbocycles. The number of hydrazone groups is 1. The lowest BCUT2D eigenvalue weighted by molar-refractivity contribution is -0.0477. The SMILES string of the molecule is CCc1nc2ncc(C)cn2c1C(=O)NCc1ccc(N2CCN(S(=O)(=O)C(F)(F)F)C(OC)=N2)cc1. The van der Waals surface area contributed by atoms with Gasteiger partial charge >= 0.3 is 21.6 Å². The van der Waals surface area contributed by atoms with E-state index in [-0.39, 0.29) is 23.3 Å². The van der Waals surface area contributed by atoms with Crippen LogP contribution in [0.4, 0.5) is 18.9 Å². The van der Waals surface area contributed by atoms with Crippen LogP contribution < -0.4 is 10.3 Å². The zero-order valence-corrected chi connectivity index (χ0v) is 21.0. The number of fused-ring (bicyclic) bond motifs is 1. The molecule has 1 N–H and O–H groups in total. The highest BCUT2D eigenvalue weighted by molar-refractivity contribution is 7.90. The van der Waals surface area contributed by atoms with Crippen molar-refractivity contribution < 1.29 is 31.1 Å². The van der Waals surface area contributed by atoms with E-state index in [9.17, 15) is 26.4 Å². The lowest BCUT2D eigenvalue weighted by Gasteiger charge is -2.32. The number of aryl methyl sites for hydroxylation is 2. The highest BCUT2D eigenvalue weighted by Crippen LogP contribution is 2.29. The van der Waals surface area contributed by atoms with E-state index in [0.717, 1.165) is 18.2 Å². The van der Waals surface area contributed by atoms with Gasteiger partial charge in [-0.3, -0.25) is 14.2 Å². The first-order valence-corrected chi connectivity index (χ1v) is 12.6. The highest BCUT2D eigenvalue weighted by atomic mass is 32.2. The molecule has 1 amide bonds. The molecule has 3 heterocycles. The molecule has 0 atom stereocenters. The minimum absolute atomic E-state index is 0.0924. The fourth-order valence-electron chi connectivity index (χ4n) is 3.78. The van der Waals surface area contributed by atoms with Crippen LogP contribution in [0.5, 0.6) is 0 Å². The summed E-state index contributed by atoms with van der Waals surface area (Å²) in [6.45, 7) is 3.36. The van der Waals surface area contributed by atoms with Crippen molar-refractivity contribution in [3.05, 3.63) is 59.2 Å². The smallest absolute Gasteiger partial charge is 0.467 e. The Hall–Kier alpha value is -3.88. The summed E-state index contributed by atoms with van der Waals surface area (Å²) in [5.74, 6) is 0.133. The molecule has 0 radical (unpaired) electrons. The van der Waals surface area contributed by atoms with E-state index in [1.165, 1.54) is 5.01 Å². The Bertz CT molecular complexity index is 1450. The fraction of sp³-hybridized carbons (Fsp3) is 0.364. The molecule has 3 aromatic rings.